The molecule has 0 spiro atoms. The molecule has 1 saturated heterocycles. The number of aliphatic hydroxyl groups excluding tert-OH is 1. The van der Waals surface area contributed by atoms with Crippen LogP contribution in [0.25, 0.3) is 10.4 Å². The van der Waals surface area contributed by atoms with Crippen LogP contribution in [0.4, 0.5) is 4.79 Å². The first-order valence-electron chi connectivity index (χ1n) is 16.5. The number of nitrogens with one attached hydrogen (secondary N) is 2. The molecule has 0 bridgehead atoms. The first-order valence-corrected chi connectivity index (χ1v) is 17.4. The molecule has 2 heterocycles. The van der Waals surface area contributed by atoms with E-state index in [1.165, 1.54) is 23.3 Å². The van der Waals surface area contributed by atoms with E-state index in [0.29, 0.717) is 11.5 Å². The predicted octanol–water partition coefficient (Wildman–Crippen LogP) is 4.15. The third-order valence-electron chi connectivity index (χ3n) is 8.32. The standard InChI is InChI=1S/C36H48N4O8S/c1-22-30(49-21-37-22)25-14-12-24(13-15-25)27(18-29(42)46-7)38-32(43)28-17-26(41)19-40(28)33(44)31(39-34(45)48-35(2,3)4)36(5,6)20-47-16-8-9-23-10-11-23/h12-15,21,23,26-28,31,41H,10-11,16-20H2,1-7H3,(H,38,43)(H,39,45)/t26-,27+,28+,31+/m1/s1. The molecule has 13 heteroatoms. The summed E-state index contributed by atoms with van der Waals surface area (Å²) in [6.45, 7) is 10.7. The van der Waals surface area contributed by atoms with E-state index in [9.17, 15) is 24.3 Å². The van der Waals surface area contributed by atoms with Crippen molar-refractivity contribution in [3.8, 4) is 22.3 Å². The Balaban J connectivity index is 1.54. The van der Waals surface area contributed by atoms with Crippen molar-refractivity contribution in [2.45, 2.75) is 97.1 Å². The van der Waals surface area contributed by atoms with Gasteiger partial charge in [0.15, 0.2) is 0 Å². The zero-order valence-corrected chi connectivity index (χ0v) is 30.1. The average molecular weight is 697 g/mol. The monoisotopic (exact) mass is 696 g/mol. The summed E-state index contributed by atoms with van der Waals surface area (Å²) < 4.78 is 16.2. The number of thiazole rings is 1. The van der Waals surface area contributed by atoms with Crippen molar-refractivity contribution in [1.82, 2.24) is 20.5 Å². The van der Waals surface area contributed by atoms with E-state index in [1.54, 1.807) is 40.1 Å². The van der Waals surface area contributed by atoms with Crippen molar-refractivity contribution in [3.63, 3.8) is 0 Å². The van der Waals surface area contributed by atoms with Crippen molar-refractivity contribution < 1.29 is 38.5 Å². The highest BCUT2D eigenvalue weighted by atomic mass is 32.1. The molecule has 2 fully saturated rings. The average Bonchev–Trinajstić information content (AvgIpc) is 3.62. The number of hydrogen-bond donors (Lipinski definition) is 3. The van der Waals surface area contributed by atoms with Crippen molar-refractivity contribution in [2.24, 2.45) is 11.3 Å². The van der Waals surface area contributed by atoms with E-state index >= 15 is 0 Å². The number of aryl methyl sites for hydroxylation is 1. The second kappa shape index (κ2) is 16.1. The molecule has 2 aliphatic rings. The van der Waals surface area contributed by atoms with Crippen LogP contribution < -0.4 is 10.6 Å². The predicted molar refractivity (Wildman–Crippen MR) is 184 cm³/mol. The molecule has 4 rings (SSSR count). The summed E-state index contributed by atoms with van der Waals surface area (Å²) in [6.07, 6.45) is 0.214. The molecule has 1 aliphatic carbocycles. The molecule has 266 valence electrons. The van der Waals surface area contributed by atoms with E-state index in [2.05, 4.69) is 27.5 Å². The number of aromatic nitrogens is 1. The van der Waals surface area contributed by atoms with Gasteiger partial charge < -0.3 is 34.9 Å². The second-order valence-electron chi connectivity index (χ2n) is 14.3. The molecule has 0 radical (unpaired) electrons. The van der Waals surface area contributed by atoms with Gasteiger partial charge in [-0.15, -0.1) is 11.3 Å². The number of ether oxygens (including phenoxy) is 3. The number of alkyl carbamates (subject to hydrolysis) is 1. The Morgan fingerprint density at radius 1 is 1.10 bits per heavy atom. The fraction of sp³-hybridized carbons (Fsp3) is 0.583. The fourth-order valence-electron chi connectivity index (χ4n) is 5.57. The van der Waals surface area contributed by atoms with Gasteiger partial charge >= 0.3 is 12.1 Å². The lowest BCUT2D eigenvalue weighted by atomic mass is 9.84. The fourth-order valence-corrected chi connectivity index (χ4v) is 6.38. The number of rotatable bonds is 12. The number of β-amino-alcohol motifs (C(OH)–C–C–N with tert-alkyl or cyclic N) is 1. The Morgan fingerprint density at radius 3 is 2.39 bits per heavy atom. The molecule has 12 nitrogen and oxygen atoms in total. The normalized spacial score (nSPS) is 18.9. The Labute approximate surface area is 292 Å². The number of likely N-dealkylation sites (tertiary alicyclic amines) is 1. The molecule has 1 aromatic heterocycles. The van der Waals surface area contributed by atoms with Gasteiger partial charge in [-0.1, -0.05) is 50.0 Å². The van der Waals surface area contributed by atoms with Crippen LogP contribution >= 0.6 is 11.3 Å². The van der Waals surface area contributed by atoms with Crippen LogP contribution in [0.1, 0.15) is 77.6 Å². The quantitative estimate of drug-likeness (QED) is 0.169. The minimum Gasteiger partial charge on any atom is -0.469 e. The van der Waals surface area contributed by atoms with Crippen molar-refractivity contribution in [1.29, 1.82) is 0 Å². The third kappa shape index (κ3) is 10.7. The van der Waals surface area contributed by atoms with E-state index in [1.807, 2.05) is 31.2 Å². The number of methoxy groups -OCH3 is 1. The maximum atomic E-state index is 14.3. The Kier molecular flexibility index (Phi) is 12.5. The highest BCUT2D eigenvalue weighted by Gasteiger charge is 2.46. The van der Waals surface area contributed by atoms with E-state index in [0.717, 1.165) is 29.0 Å². The smallest absolute Gasteiger partial charge is 0.408 e. The summed E-state index contributed by atoms with van der Waals surface area (Å²) in [7, 11) is 1.27. The lowest BCUT2D eigenvalue weighted by Gasteiger charge is -2.37. The molecule has 49 heavy (non-hydrogen) atoms. The zero-order valence-electron chi connectivity index (χ0n) is 29.3. The minimum atomic E-state index is -1.17. The lowest BCUT2D eigenvalue weighted by molar-refractivity contribution is -0.144. The summed E-state index contributed by atoms with van der Waals surface area (Å²) in [5, 5.41) is 16.3. The summed E-state index contributed by atoms with van der Waals surface area (Å²) in [6, 6.07) is 4.43. The number of amides is 3. The van der Waals surface area contributed by atoms with E-state index in [-0.39, 0.29) is 32.6 Å². The molecule has 4 atom stereocenters. The van der Waals surface area contributed by atoms with Gasteiger partial charge in [-0.25, -0.2) is 9.78 Å². The van der Waals surface area contributed by atoms with Gasteiger partial charge in [-0.2, -0.15) is 0 Å². The van der Waals surface area contributed by atoms with Crippen LogP contribution in [0.3, 0.4) is 0 Å². The van der Waals surface area contributed by atoms with Crippen LogP contribution in [0, 0.1) is 30.1 Å². The summed E-state index contributed by atoms with van der Waals surface area (Å²) in [4.78, 5) is 60.2. The molecule has 2 aromatic rings. The van der Waals surface area contributed by atoms with Crippen LogP contribution in [-0.2, 0) is 28.6 Å². The third-order valence-corrected chi connectivity index (χ3v) is 9.30. The highest BCUT2D eigenvalue weighted by Crippen LogP contribution is 2.31. The largest absolute Gasteiger partial charge is 0.469 e. The molecule has 1 saturated carbocycles. The first-order chi connectivity index (χ1) is 23.1. The van der Waals surface area contributed by atoms with Crippen LogP contribution in [-0.4, -0.2) is 89.5 Å². The Morgan fingerprint density at radius 2 is 1.80 bits per heavy atom. The number of hydrogen-bond acceptors (Lipinski definition) is 10. The van der Waals surface area contributed by atoms with Gasteiger partial charge in [0, 0.05) is 24.3 Å². The van der Waals surface area contributed by atoms with Gasteiger partial charge in [-0.3, -0.25) is 14.4 Å². The number of carbonyl (C=O) groups is 4. The maximum absolute atomic E-state index is 14.3. The second-order valence-corrected chi connectivity index (χ2v) is 15.1. The Hall–Kier alpha value is -3.99. The highest BCUT2D eigenvalue weighted by molar-refractivity contribution is 7.13. The number of esters is 1. The molecule has 0 unspecified atom stereocenters. The maximum Gasteiger partial charge on any atom is 0.408 e. The van der Waals surface area contributed by atoms with Crippen molar-refractivity contribution in [2.75, 3.05) is 26.9 Å². The van der Waals surface area contributed by atoms with Crippen molar-refractivity contribution >= 4 is 35.2 Å². The summed E-state index contributed by atoms with van der Waals surface area (Å²) in [5.74, 6) is 4.90. The van der Waals surface area contributed by atoms with Gasteiger partial charge in [-0.05, 0) is 51.7 Å². The van der Waals surface area contributed by atoms with Crippen LogP contribution in [0.15, 0.2) is 29.8 Å². The zero-order chi connectivity index (χ0) is 35.9. The van der Waals surface area contributed by atoms with Gasteiger partial charge in [0.05, 0.1) is 48.4 Å². The molecular weight excluding hydrogens is 648 g/mol. The number of nitrogens with zero attached hydrogens (tertiary/aromatic N) is 2. The summed E-state index contributed by atoms with van der Waals surface area (Å²) >= 11 is 1.52. The van der Waals surface area contributed by atoms with E-state index < -0.39 is 59.1 Å². The molecular formula is C36H48N4O8S. The van der Waals surface area contributed by atoms with Crippen molar-refractivity contribution in [3.05, 3.63) is 41.0 Å². The number of aliphatic hydroxyl groups is 1. The van der Waals surface area contributed by atoms with E-state index in [4.69, 9.17) is 14.2 Å². The minimum absolute atomic E-state index is 0.0288. The first kappa shape index (κ1) is 37.8. The van der Waals surface area contributed by atoms with Gasteiger partial charge in [0.2, 0.25) is 11.8 Å². The molecule has 3 amide bonds. The topological polar surface area (TPSA) is 156 Å². The van der Waals surface area contributed by atoms with Gasteiger partial charge in [0.1, 0.15) is 24.3 Å². The lowest BCUT2D eigenvalue weighted by Crippen LogP contribution is -2.60. The van der Waals surface area contributed by atoms with Gasteiger partial charge in [0.25, 0.3) is 0 Å². The SMILES string of the molecule is COC(=O)C[C@H](NC(=O)[C@@H]1C[C@@H](O)CN1C(=O)[C@H](NC(=O)OC(C)(C)C)C(C)(C)COCC#CC1CC1)c1ccc(-c2scnc2C)cc1. The van der Waals surface area contributed by atoms with Crippen LogP contribution in [0.5, 0.6) is 0 Å². The molecule has 3 N–H and O–H groups in total. The number of benzene rings is 1. The molecule has 1 aromatic carbocycles. The van der Waals surface area contributed by atoms with Crippen LogP contribution in [0.2, 0.25) is 0 Å². The Bertz CT molecular complexity index is 1550. The number of carbonyl (C=O) groups excluding carboxylic acids is 4. The summed E-state index contributed by atoms with van der Waals surface area (Å²) in [5.41, 5.74) is 2.50. The molecule has 1 aliphatic heterocycles.